The van der Waals surface area contributed by atoms with Crippen molar-refractivity contribution in [1.82, 2.24) is 0 Å². The van der Waals surface area contributed by atoms with Gasteiger partial charge in [-0.1, -0.05) is 6.42 Å². The molecule has 2 aliphatic carbocycles. The first-order valence-electron chi connectivity index (χ1n) is 8.26. The second-order valence-corrected chi connectivity index (χ2v) is 9.95. The van der Waals surface area contributed by atoms with Crippen molar-refractivity contribution >= 4 is 17.8 Å². The van der Waals surface area contributed by atoms with E-state index in [1.54, 1.807) is 48.5 Å². The van der Waals surface area contributed by atoms with Gasteiger partial charge in [0, 0.05) is 16.3 Å². The summed E-state index contributed by atoms with van der Waals surface area (Å²) in [5.74, 6) is 1.64. The first-order valence-corrected chi connectivity index (χ1v) is 10.0. The molecule has 23 heavy (non-hydrogen) atoms. The molecule has 2 bridgehead atoms. The van der Waals surface area contributed by atoms with E-state index in [0.717, 1.165) is 17.0 Å². The van der Waals surface area contributed by atoms with Crippen LogP contribution in [0, 0.1) is 11.8 Å². The van der Waals surface area contributed by atoms with Crippen molar-refractivity contribution in [3.05, 3.63) is 48.5 Å². The van der Waals surface area contributed by atoms with Crippen LogP contribution in [0.1, 0.15) is 25.7 Å². The lowest BCUT2D eigenvalue weighted by atomic mass is 10.0. The number of aromatic hydroxyl groups is 2. The van der Waals surface area contributed by atoms with Crippen LogP contribution in [0.3, 0.4) is 0 Å². The minimum absolute atomic E-state index is 0.190. The van der Waals surface area contributed by atoms with Crippen LogP contribution in [0.15, 0.2) is 48.5 Å². The standard InChI is InChI=1S/C19H21O3P/c20-15-3-7-17(8-4-15)23(22,18-9-5-16(21)6-10-18)19-12-13-1-2-14(19)11-13/h3-10,13-14,19-21H,1-2,11-12H2. The van der Waals surface area contributed by atoms with Gasteiger partial charge in [0.1, 0.15) is 18.6 Å². The molecule has 2 aromatic carbocycles. The third-order valence-electron chi connectivity index (χ3n) is 5.63. The van der Waals surface area contributed by atoms with Crippen LogP contribution < -0.4 is 10.6 Å². The van der Waals surface area contributed by atoms with Gasteiger partial charge in [0.25, 0.3) is 0 Å². The normalized spacial score (nSPS) is 26.5. The van der Waals surface area contributed by atoms with Crippen molar-refractivity contribution < 1.29 is 14.8 Å². The average Bonchev–Trinajstić information content (AvgIpc) is 3.19. The number of hydrogen-bond donors (Lipinski definition) is 2. The zero-order chi connectivity index (χ0) is 16.0. The van der Waals surface area contributed by atoms with Gasteiger partial charge in [-0.05, 0) is 79.6 Å². The molecule has 0 heterocycles. The smallest absolute Gasteiger partial charge is 0.146 e. The third-order valence-corrected chi connectivity index (χ3v) is 9.33. The van der Waals surface area contributed by atoms with Gasteiger partial charge in [-0.2, -0.15) is 0 Å². The van der Waals surface area contributed by atoms with Crippen molar-refractivity contribution in [2.75, 3.05) is 0 Å². The Labute approximate surface area is 136 Å². The number of phenols is 2. The molecule has 2 fully saturated rings. The van der Waals surface area contributed by atoms with Crippen LogP contribution in [-0.4, -0.2) is 15.9 Å². The van der Waals surface area contributed by atoms with E-state index in [4.69, 9.17) is 0 Å². The van der Waals surface area contributed by atoms with E-state index in [-0.39, 0.29) is 17.2 Å². The Morgan fingerprint density at radius 2 is 1.30 bits per heavy atom. The average molecular weight is 328 g/mol. The van der Waals surface area contributed by atoms with E-state index in [1.165, 1.54) is 19.3 Å². The van der Waals surface area contributed by atoms with Gasteiger partial charge in [-0.25, -0.2) is 0 Å². The molecule has 4 rings (SSSR count). The SMILES string of the molecule is O=P(c1ccc(O)cc1)(c1ccc(O)cc1)C1CC2CCC1C2. The van der Waals surface area contributed by atoms with Crippen molar-refractivity contribution in [1.29, 1.82) is 0 Å². The molecule has 3 atom stereocenters. The maximum absolute atomic E-state index is 14.3. The molecule has 2 aliphatic rings. The molecule has 3 nitrogen and oxygen atoms in total. The predicted octanol–water partition coefficient (Wildman–Crippen LogP) is 3.60. The molecule has 0 spiro atoms. The fourth-order valence-electron chi connectivity index (χ4n) is 4.54. The van der Waals surface area contributed by atoms with E-state index < -0.39 is 7.14 Å². The largest absolute Gasteiger partial charge is 0.508 e. The molecule has 3 unspecified atom stereocenters. The third kappa shape index (κ3) is 2.38. The Bertz CT molecular complexity index is 702. The Kier molecular flexibility index (Phi) is 3.50. The van der Waals surface area contributed by atoms with Crippen molar-refractivity contribution in [2.24, 2.45) is 11.8 Å². The van der Waals surface area contributed by atoms with Crippen LogP contribution in [-0.2, 0) is 4.57 Å². The second-order valence-electron chi connectivity index (χ2n) is 6.93. The number of fused-ring (bicyclic) bond motifs is 2. The van der Waals surface area contributed by atoms with E-state index in [9.17, 15) is 14.8 Å². The second kappa shape index (κ2) is 5.42. The maximum atomic E-state index is 14.3. The lowest BCUT2D eigenvalue weighted by Crippen LogP contribution is -2.29. The minimum Gasteiger partial charge on any atom is -0.508 e. The van der Waals surface area contributed by atoms with Crippen LogP contribution in [0.4, 0.5) is 0 Å². The van der Waals surface area contributed by atoms with Gasteiger partial charge in [-0.3, -0.25) is 0 Å². The summed E-state index contributed by atoms with van der Waals surface area (Å²) < 4.78 is 14.3. The first kappa shape index (κ1) is 14.8. The van der Waals surface area contributed by atoms with Gasteiger partial charge < -0.3 is 14.8 Å². The monoisotopic (exact) mass is 328 g/mol. The van der Waals surface area contributed by atoms with Gasteiger partial charge in [0.15, 0.2) is 0 Å². The van der Waals surface area contributed by atoms with Gasteiger partial charge in [0.05, 0.1) is 0 Å². The number of rotatable bonds is 3. The zero-order valence-corrected chi connectivity index (χ0v) is 13.8. The molecule has 0 saturated heterocycles. The van der Waals surface area contributed by atoms with E-state index in [2.05, 4.69) is 0 Å². The lowest BCUT2D eigenvalue weighted by Gasteiger charge is -2.31. The summed E-state index contributed by atoms with van der Waals surface area (Å²) in [6.45, 7) is 0. The molecule has 2 N–H and O–H groups in total. The van der Waals surface area contributed by atoms with Gasteiger partial charge >= 0.3 is 0 Å². The molecule has 0 aromatic heterocycles. The fraction of sp³-hybridized carbons (Fsp3) is 0.368. The highest BCUT2D eigenvalue weighted by Crippen LogP contribution is 2.62. The van der Waals surface area contributed by atoms with Gasteiger partial charge in [0.2, 0.25) is 0 Å². The Balaban J connectivity index is 1.84. The molecular weight excluding hydrogens is 307 g/mol. The highest BCUT2D eigenvalue weighted by Gasteiger charge is 2.49. The van der Waals surface area contributed by atoms with Crippen LogP contribution in [0.25, 0.3) is 0 Å². The molecule has 0 aliphatic heterocycles. The van der Waals surface area contributed by atoms with E-state index in [1.807, 2.05) is 0 Å². The number of benzene rings is 2. The van der Waals surface area contributed by atoms with E-state index in [0.29, 0.717) is 11.8 Å². The quantitative estimate of drug-likeness (QED) is 0.847. The Hall–Kier alpha value is -1.73. The fourth-order valence-corrected chi connectivity index (χ4v) is 8.24. The summed E-state index contributed by atoms with van der Waals surface area (Å²) in [5, 5.41) is 20.8. The Morgan fingerprint density at radius 3 is 1.70 bits per heavy atom. The van der Waals surface area contributed by atoms with Crippen molar-refractivity contribution in [3.8, 4) is 11.5 Å². The number of hydrogen-bond acceptors (Lipinski definition) is 3. The van der Waals surface area contributed by atoms with Crippen molar-refractivity contribution in [3.63, 3.8) is 0 Å². The predicted molar refractivity (Wildman–Crippen MR) is 92.3 cm³/mol. The molecule has 2 saturated carbocycles. The van der Waals surface area contributed by atoms with Crippen LogP contribution >= 0.6 is 7.14 Å². The summed E-state index contributed by atoms with van der Waals surface area (Å²) in [7, 11) is -2.78. The van der Waals surface area contributed by atoms with E-state index >= 15 is 0 Å². The highest BCUT2D eigenvalue weighted by atomic mass is 31.2. The minimum atomic E-state index is -2.78. The summed E-state index contributed by atoms with van der Waals surface area (Å²) in [6, 6.07) is 13.7. The maximum Gasteiger partial charge on any atom is 0.146 e. The first-order chi connectivity index (χ1) is 11.1. The summed E-state index contributed by atoms with van der Waals surface area (Å²) in [4.78, 5) is 0. The van der Waals surface area contributed by atoms with Gasteiger partial charge in [-0.15, -0.1) is 0 Å². The molecule has 0 amide bonds. The highest BCUT2D eigenvalue weighted by molar-refractivity contribution is 7.79. The lowest BCUT2D eigenvalue weighted by molar-refractivity contribution is 0.470. The zero-order valence-electron chi connectivity index (χ0n) is 12.9. The molecule has 4 heteroatoms. The summed E-state index contributed by atoms with van der Waals surface area (Å²) in [6.07, 6.45) is 4.68. The summed E-state index contributed by atoms with van der Waals surface area (Å²) >= 11 is 0. The molecule has 2 aromatic rings. The molecular formula is C19H21O3P. The topological polar surface area (TPSA) is 57.5 Å². The summed E-state index contributed by atoms with van der Waals surface area (Å²) in [5.41, 5.74) is 0.190. The van der Waals surface area contributed by atoms with Crippen LogP contribution in [0.2, 0.25) is 0 Å². The van der Waals surface area contributed by atoms with Crippen molar-refractivity contribution in [2.45, 2.75) is 31.3 Å². The number of phenolic OH excluding ortho intramolecular Hbond substituents is 2. The Morgan fingerprint density at radius 1 is 0.783 bits per heavy atom. The van der Waals surface area contributed by atoms with Crippen LogP contribution in [0.5, 0.6) is 11.5 Å². The molecule has 120 valence electrons. The molecule has 0 radical (unpaired) electrons.